The van der Waals surface area contributed by atoms with E-state index in [1.54, 1.807) is 0 Å². The van der Waals surface area contributed by atoms with Gasteiger partial charge >= 0.3 is 0 Å². The van der Waals surface area contributed by atoms with Gasteiger partial charge in [0.05, 0.1) is 14.3 Å². The first kappa shape index (κ1) is 7.13. The molecule has 7 heavy (non-hydrogen) atoms. The lowest BCUT2D eigenvalue weighted by molar-refractivity contribution is 1.07. The highest BCUT2D eigenvalue weighted by molar-refractivity contribution is 7.01. The van der Waals surface area contributed by atoms with Gasteiger partial charge in [0.1, 0.15) is 0 Å². The third kappa shape index (κ3) is 6.13. The molecule has 0 atom stereocenters. The summed E-state index contributed by atoms with van der Waals surface area (Å²) in [5, 5.41) is 0. The lowest BCUT2D eigenvalue weighted by Crippen LogP contribution is -2.04. The number of rotatable bonds is 3. The minimum Gasteiger partial charge on any atom is -0.0873 e. The zero-order chi connectivity index (χ0) is 5.70. The average Bonchev–Trinajstić information content (AvgIpc) is 1.61. The molecule has 0 aliphatic heterocycles. The Morgan fingerprint density at radius 3 is 2.14 bits per heavy atom. The van der Waals surface area contributed by atoms with E-state index in [9.17, 15) is 0 Å². The van der Waals surface area contributed by atoms with Crippen LogP contribution in [0.15, 0.2) is 0 Å². The monoisotopic (exact) mass is 96.1 g/mol. The number of hydrogen-bond acceptors (Lipinski definition) is 0. The molecule has 2 heteroatoms. The second-order valence-electron chi connectivity index (χ2n) is 2.54. The average molecular weight is 95.8 g/mol. The molecule has 0 saturated carbocycles. The van der Waals surface area contributed by atoms with Crippen LogP contribution in [0.25, 0.3) is 0 Å². The van der Waals surface area contributed by atoms with E-state index in [1.807, 2.05) is 0 Å². The SMILES string of the molecule is CCBBC(C)C. The molecule has 0 nitrogen and oxygen atoms in total. The Morgan fingerprint density at radius 1 is 1.43 bits per heavy atom. The lowest BCUT2D eigenvalue weighted by atomic mass is 9.34. The molecule has 0 aliphatic carbocycles. The minimum absolute atomic E-state index is 0.903. The van der Waals surface area contributed by atoms with Crippen LogP contribution in [-0.4, -0.2) is 14.3 Å². The smallest absolute Gasteiger partial charge is 0.0873 e. The summed E-state index contributed by atoms with van der Waals surface area (Å²) in [4.78, 5) is 0. The van der Waals surface area contributed by atoms with Crippen molar-refractivity contribution in [1.82, 2.24) is 0 Å². The van der Waals surface area contributed by atoms with Crippen LogP contribution < -0.4 is 0 Å². The van der Waals surface area contributed by atoms with Gasteiger partial charge in [0.25, 0.3) is 0 Å². The van der Waals surface area contributed by atoms with Gasteiger partial charge in [0, 0.05) is 0 Å². The van der Waals surface area contributed by atoms with Gasteiger partial charge in [-0.15, -0.1) is 0 Å². The maximum Gasteiger partial charge on any atom is 0.0897 e. The van der Waals surface area contributed by atoms with Crippen LogP contribution in [0.4, 0.5) is 0 Å². The van der Waals surface area contributed by atoms with E-state index in [4.69, 9.17) is 0 Å². The van der Waals surface area contributed by atoms with Crippen LogP contribution >= 0.6 is 0 Å². The van der Waals surface area contributed by atoms with Crippen molar-refractivity contribution in [3.63, 3.8) is 0 Å². The molecule has 0 saturated heterocycles. The summed E-state index contributed by atoms with van der Waals surface area (Å²) in [5.41, 5.74) is 0. The maximum atomic E-state index is 2.27. The highest BCUT2D eigenvalue weighted by Gasteiger charge is 1.93. The van der Waals surface area contributed by atoms with Crippen LogP contribution in [0.1, 0.15) is 20.8 Å². The molecule has 0 aromatic carbocycles. The molecule has 0 amide bonds. The zero-order valence-corrected chi connectivity index (χ0v) is 5.70. The fraction of sp³-hybridized carbons (Fsp3) is 1.00. The zero-order valence-electron chi connectivity index (χ0n) is 5.70. The lowest BCUT2D eigenvalue weighted by Gasteiger charge is -1.94. The number of hydrogen-bond donors (Lipinski definition) is 0. The Morgan fingerprint density at radius 2 is 2.00 bits per heavy atom. The molecule has 0 unspecified atom stereocenters. The summed E-state index contributed by atoms with van der Waals surface area (Å²) in [7, 11) is 2.80. The van der Waals surface area contributed by atoms with Gasteiger partial charge in [-0.1, -0.05) is 32.9 Å². The molecular weight excluding hydrogens is 81.7 g/mol. The summed E-state index contributed by atoms with van der Waals surface area (Å²) >= 11 is 0. The van der Waals surface area contributed by atoms with Crippen LogP contribution in [0.2, 0.25) is 12.1 Å². The predicted octanol–water partition coefficient (Wildman–Crippen LogP) is 1.04. The Labute approximate surface area is 48.2 Å². The molecule has 0 heterocycles. The molecule has 0 radical (unpaired) electrons. The van der Waals surface area contributed by atoms with Gasteiger partial charge in [-0.3, -0.25) is 0 Å². The first-order valence-electron chi connectivity index (χ1n) is 3.27. The predicted molar refractivity (Wildman–Crippen MR) is 39.9 cm³/mol. The summed E-state index contributed by atoms with van der Waals surface area (Å²) < 4.78 is 0. The van der Waals surface area contributed by atoms with Crippen molar-refractivity contribution in [3.8, 4) is 0 Å². The van der Waals surface area contributed by atoms with E-state index < -0.39 is 0 Å². The quantitative estimate of drug-likeness (QED) is 0.460. The van der Waals surface area contributed by atoms with E-state index in [-0.39, 0.29) is 0 Å². The molecule has 40 valence electrons. The van der Waals surface area contributed by atoms with Crippen molar-refractivity contribution in [2.75, 3.05) is 0 Å². The summed E-state index contributed by atoms with van der Waals surface area (Å²) in [6.07, 6.45) is 1.35. The van der Waals surface area contributed by atoms with Crippen molar-refractivity contribution in [2.45, 2.75) is 32.9 Å². The van der Waals surface area contributed by atoms with E-state index in [2.05, 4.69) is 20.8 Å². The van der Waals surface area contributed by atoms with Gasteiger partial charge in [0.2, 0.25) is 0 Å². The van der Waals surface area contributed by atoms with E-state index in [0.717, 1.165) is 5.82 Å². The molecule has 0 aliphatic rings. The molecule has 0 fully saturated rings. The molecule has 0 bridgehead atoms. The fourth-order valence-corrected chi connectivity index (χ4v) is 0.612. The van der Waals surface area contributed by atoms with Crippen molar-refractivity contribution < 1.29 is 0 Å². The highest BCUT2D eigenvalue weighted by atomic mass is 13.7. The minimum atomic E-state index is 0.903. The molecule has 0 aromatic rings. The van der Waals surface area contributed by atoms with Gasteiger partial charge < -0.3 is 0 Å². The Kier molecular flexibility index (Phi) is 4.37. The molecule has 0 N–H and O–H groups in total. The molecule has 0 aromatic heterocycles. The fourth-order valence-electron chi connectivity index (χ4n) is 0.612. The Hall–Kier alpha value is 0.130. The maximum absolute atomic E-state index is 2.27. The second kappa shape index (κ2) is 4.29. The second-order valence-corrected chi connectivity index (χ2v) is 2.54. The van der Waals surface area contributed by atoms with Crippen molar-refractivity contribution in [2.24, 2.45) is 0 Å². The van der Waals surface area contributed by atoms with Crippen LogP contribution in [-0.2, 0) is 0 Å². The van der Waals surface area contributed by atoms with Crippen molar-refractivity contribution in [1.29, 1.82) is 0 Å². The van der Waals surface area contributed by atoms with E-state index >= 15 is 0 Å². The first-order chi connectivity index (χ1) is 3.27. The van der Waals surface area contributed by atoms with Gasteiger partial charge in [-0.2, -0.15) is 0 Å². The standard InChI is InChI=1S/C5H14B2/c1-4-6-7-5(2)3/h5-7H,4H2,1-3H3. The molecular formula is C5H14B2. The topological polar surface area (TPSA) is 0 Å². The normalized spacial score (nSPS) is 9.14. The van der Waals surface area contributed by atoms with Gasteiger partial charge in [0.15, 0.2) is 0 Å². The third-order valence-corrected chi connectivity index (χ3v) is 1.14. The van der Waals surface area contributed by atoms with Crippen LogP contribution in [0.5, 0.6) is 0 Å². The highest BCUT2D eigenvalue weighted by Crippen LogP contribution is 1.94. The van der Waals surface area contributed by atoms with Crippen LogP contribution in [0, 0.1) is 0 Å². The van der Waals surface area contributed by atoms with Crippen molar-refractivity contribution in [3.05, 3.63) is 0 Å². The summed E-state index contributed by atoms with van der Waals surface area (Å²) in [5.74, 6) is 0.903. The van der Waals surface area contributed by atoms with Crippen molar-refractivity contribution >= 4 is 14.3 Å². The Balaban J connectivity index is 2.68. The first-order valence-corrected chi connectivity index (χ1v) is 3.27. The summed E-state index contributed by atoms with van der Waals surface area (Å²) in [6, 6.07) is 0. The van der Waals surface area contributed by atoms with Crippen LogP contribution in [0.3, 0.4) is 0 Å². The molecule has 0 rings (SSSR count). The van der Waals surface area contributed by atoms with E-state index in [0.29, 0.717) is 0 Å². The largest absolute Gasteiger partial charge is 0.0897 e. The van der Waals surface area contributed by atoms with Gasteiger partial charge in [-0.25, -0.2) is 0 Å². The third-order valence-electron chi connectivity index (χ3n) is 1.14. The van der Waals surface area contributed by atoms with Gasteiger partial charge in [-0.05, 0) is 0 Å². The molecule has 0 spiro atoms. The Bertz CT molecular complexity index is 35.1. The van der Waals surface area contributed by atoms with E-state index in [1.165, 1.54) is 20.7 Å². The summed E-state index contributed by atoms with van der Waals surface area (Å²) in [6.45, 7) is 6.79.